The second kappa shape index (κ2) is 4.42. The van der Waals surface area contributed by atoms with E-state index in [4.69, 9.17) is 14.6 Å². The topological polar surface area (TPSA) is 78.8 Å². The minimum atomic E-state index is -1.01. The number of aliphatic hydroxyl groups is 1. The molecule has 2 atom stereocenters. The Morgan fingerprint density at radius 3 is 3.13 bits per heavy atom. The van der Waals surface area contributed by atoms with Gasteiger partial charge in [-0.15, -0.1) is 0 Å². The fourth-order valence-electron chi connectivity index (χ4n) is 1.61. The monoisotopic (exact) mass is 237 g/mol. The third-order valence-electron chi connectivity index (χ3n) is 2.36. The van der Waals surface area contributed by atoms with Crippen LogP contribution in [-0.2, 0) is 11.2 Å². The fourth-order valence-corrected chi connectivity index (χ4v) is 1.85. The van der Waals surface area contributed by atoms with Crippen molar-refractivity contribution in [2.45, 2.75) is 18.9 Å². The number of hydrogen-bond acceptors (Lipinski definition) is 5. The fraction of sp³-hybridized carbons (Fsp3) is 1.00. The normalized spacial score (nSPS) is 23.7. The number of nitrogens with zero attached hydrogens (tertiary/aromatic N) is 3. The van der Waals surface area contributed by atoms with Crippen molar-refractivity contribution in [1.29, 1.82) is 0 Å². The van der Waals surface area contributed by atoms with Gasteiger partial charge in [-0.3, -0.25) is 5.01 Å². The molecule has 1 aliphatic rings. The molecule has 1 aromatic rings. The molecule has 1 saturated heterocycles. The Labute approximate surface area is 90.2 Å². The Hall–Kier alpha value is -0.730. The number of rotatable bonds is 5. The average molecular weight is 237 g/mol. The summed E-state index contributed by atoms with van der Waals surface area (Å²) in [5.41, 5.74) is 0. The zero-order valence-corrected chi connectivity index (χ0v) is 9.35. The van der Waals surface area contributed by atoms with Gasteiger partial charge in [0.15, 0.2) is 0 Å². The maximum absolute atomic E-state index is 10.8. The minimum absolute atomic E-state index is 0.0886. The Morgan fingerprint density at radius 2 is 2.47 bits per heavy atom. The molecule has 1 fully saturated rings. The molecule has 1 aromatic heterocycles. The first-order chi connectivity index (χ1) is 7.22. The highest BCUT2D eigenvalue weighted by Gasteiger charge is 2.31. The highest BCUT2D eigenvalue weighted by atomic mass is 32.2. The molecule has 7 nitrogen and oxygen atoms in total. The lowest BCUT2D eigenvalue weighted by molar-refractivity contribution is 0.0811. The van der Waals surface area contributed by atoms with E-state index in [1.165, 1.54) is 9.98 Å². The molecule has 2 rings (SSSR count). The van der Waals surface area contributed by atoms with Crippen LogP contribution in [0.5, 0.6) is 0 Å². The van der Waals surface area contributed by atoms with Crippen molar-refractivity contribution in [3.05, 3.63) is 0 Å². The lowest BCUT2D eigenvalue weighted by Crippen LogP contribution is -2.39. The van der Waals surface area contributed by atoms with Gasteiger partial charge < -0.3 is 14.5 Å². The van der Waals surface area contributed by atoms with E-state index in [9.17, 15) is 4.55 Å². The molecule has 0 radical (unpaired) electrons. The van der Waals surface area contributed by atoms with E-state index < -0.39 is 11.2 Å². The molecule has 0 bridgehead atoms. The third kappa shape index (κ3) is 2.44. The van der Waals surface area contributed by atoms with Gasteiger partial charge in [0.05, 0.1) is 23.9 Å². The molecular weight excluding hydrogens is 222 g/mol. The molecule has 0 spiro atoms. The highest BCUT2D eigenvalue weighted by molar-refractivity contribution is 7.90. The van der Waals surface area contributed by atoms with Crippen molar-refractivity contribution >= 4 is 11.2 Å². The van der Waals surface area contributed by atoms with Crippen LogP contribution < -0.4 is 9.85 Å². The molecule has 15 heavy (non-hydrogen) atoms. The van der Waals surface area contributed by atoms with Crippen molar-refractivity contribution in [1.82, 2.24) is 9.98 Å². The SMILES string of the molecule is C[S+]([O-])COn1on1N1CCCC1CO. The summed E-state index contributed by atoms with van der Waals surface area (Å²) >= 11 is -1.01. The van der Waals surface area contributed by atoms with Crippen LogP contribution in [0.2, 0.25) is 0 Å². The van der Waals surface area contributed by atoms with Crippen molar-refractivity contribution in [2.24, 2.45) is 0 Å². The average Bonchev–Trinajstić information content (AvgIpc) is 2.82. The van der Waals surface area contributed by atoms with Crippen LogP contribution in [0.15, 0.2) is 4.63 Å². The summed E-state index contributed by atoms with van der Waals surface area (Å²) in [7, 11) is 0. The summed E-state index contributed by atoms with van der Waals surface area (Å²) in [6.45, 7) is 0.938. The van der Waals surface area contributed by atoms with E-state index in [1.54, 1.807) is 6.26 Å². The number of hydrogen-bond donors (Lipinski definition) is 1. The maximum Gasteiger partial charge on any atom is 0.272 e. The second-order valence-electron chi connectivity index (χ2n) is 3.53. The van der Waals surface area contributed by atoms with E-state index >= 15 is 0 Å². The second-order valence-corrected chi connectivity index (χ2v) is 4.92. The van der Waals surface area contributed by atoms with Gasteiger partial charge in [0.25, 0.3) is 5.94 Å². The maximum atomic E-state index is 10.8. The largest absolute Gasteiger partial charge is 0.614 e. The highest BCUT2D eigenvalue weighted by Crippen LogP contribution is 2.16. The summed E-state index contributed by atoms with van der Waals surface area (Å²) in [5.74, 6) is 0.105. The van der Waals surface area contributed by atoms with Gasteiger partial charge >= 0.3 is 0 Å². The van der Waals surface area contributed by atoms with Crippen molar-refractivity contribution < 1.29 is 19.1 Å². The summed E-state index contributed by atoms with van der Waals surface area (Å²) in [4.78, 5) is 6.49. The molecular formula is C7H15N3O4S. The first-order valence-electron chi connectivity index (χ1n) is 4.81. The predicted octanol–water partition coefficient (Wildman–Crippen LogP) is -1.26. The molecule has 0 amide bonds. The third-order valence-corrected chi connectivity index (χ3v) is 2.80. The smallest absolute Gasteiger partial charge is 0.272 e. The molecule has 0 aromatic carbocycles. The van der Waals surface area contributed by atoms with Crippen LogP contribution in [0.3, 0.4) is 0 Å². The van der Waals surface area contributed by atoms with Gasteiger partial charge in [0.2, 0.25) is 0 Å². The lowest BCUT2D eigenvalue weighted by atomic mass is 10.2. The molecule has 1 N–H and O–H groups in total. The van der Waals surface area contributed by atoms with Crippen LogP contribution in [0.1, 0.15) is 12.8 Å². The van der Waals surface area contributed by atoms with E-state index in [0.29, 0.717) is 0 Å². The van der Waals surface area contributed by atoms with E-state index in [-0.39, 0.29) is 18.6 Å². The summed E-state index contributed by atoms with van der Waals surface area (Å²) in [5, 5.41) is 12.1. The Balaban J connectivity index is 1.83. The minimum Gasteiger partial charge on any atom is -0.614 e. The molecule has 2 heterocycles. The van der Waals surface area contributed by atoms with Crippen LogP contribution >= 0.6 is 0 Å². The van der Waals surface area contributed by atoms with E-state index in [1.807, 2.05) is 5.01 Å². The molecule has 88 valence electrons. The van der Waals surface area contributed by atoms with Crippen molar-refractivity contribution in [3.8, 4) is 0 Å². The zero-order valence-electron chi connectivity index (χ0n) is 8.53. The van der Waals surface area contributed by atoms with Gasteiger partial charge in [-0.1, -0.05) is 0 Å². The van der Waals surface area contributed by atoms with Gasteiger partial charge in [-0.2, -0.15) is 4.63 Å². The Kier molecular flexibility index (Phi) is 3.17. The van der Waals surface area contributed by atoms with E-state index in [0.717, 1.165) is 19.4 Å². The summed E-state index contributed by atoms with van der Waals surface area (Å²) < 4.78 is 15.8. The molecule has 0 aliphatic carbocycles. The van der Waals surface area contributed by atoms with Crippen LogP contribution in [0.4, 0.5) is 0 Å². The quantitative estimate of drug-likeness (QED) is 0.647. The van der Waals surface area contributed by atoms with Crippen LogP contribution in [0.25, 0.3) is 0 Å². The molecule has 8 heteroatoms. The van der Waals surface area contributed by atoms with Crippen LogP contribution in [0, 0.1) is 0 Å². The van der Waals surface area contributed by atoms with Gasteiger partial charge in [0, 0.05) is 6.54 Å². The Morgan fingerprint density at radius 1 is 1.67 bits per heavy atom. The lowest BCUT2D eigenvalue weighted by Gasteiger charge is -2.16. The zero-order chi connectivity index (χ0) is 10.8. The van der Waals surface area contributed by atoms with Gasteiger partial charge in [-0.05, 0) is 24.0 Å². The predicted molar refractivity (Wildman–Crippen MR) is 53.4 cm³/mol. The van der Waals surface area contributed by atoms with Gasteiger partial charge in [0.1, 0.15) is 5.02 Å². The first kappa shape index (κ1) is 10.8. The van der Waals surface area contributed by atoms with Crippen LogP contribution in [-0.4, -0.2) is 51.0 Å². The Bertz CT molecular complexity index is 295. The summed E-state index contributed by atoms with van der Waals surface area (Å²) in [6.07, 6.45) is 3.53. The number of aliphatic hydroxyl groups excluding tert-OH is 1. The van der Waals surface area contributed by atoms with E-state index in [2.05, 4.69) is 0 Å². The molecule has 0 saturated carbocycles. The van der Waals surface area contributed by atoms with Crippen molar-refractivity contribution in [2.75, 3.05) is 30.4 Å². The van der Waals surface area contributed by atoms with Gasteiger partial charge in [-0.25, -0.2) is 0 Å². The van der Waals surface area contributed by atoms with Crippen molar-refractivity contribution in [3.63, 3.8) is 0 Å². The number of aromatic nitrogens is 2. The first-order valence-corrected chi connectivity index (χ1v) is 6.53. The molecule has 1 aliphatic heterocycles. The molecule has 2 unspecified atom stereocenters. The summed E-state index contributed by atoms with van der Waals surface area (Å²) in [6, 6.07) is 0.0886. The standard InChI is InChI=1S/C7H15N3O4S/c1-15(12)6-13-10-9(14-10)8-4-2-3-7(8)5-11/h7,11H,2-6H2,1H3.